The normalized spacial score (nSPS) is 23.5. The van der Waals surface area contributed by atoms with Crippen LogP contribution in [-0.2, 0) is 4.79 Å². The quantitative estimate of drug-likeness (QED) is 0.837. The molecule has 2 rings (SSSR count). The predicted molar refractivity (Wildman–Crippen MR) is 82.7 cm³/mol. The molecule has 1 fully saturated rings. The number of rotatable bonds is 6. The minimum atomic E-state index is -0.314. The largest absolute Gasteiger partial charge is 0.354 e. The van der Waals surface area contributed by atoms with Gasteiger partial charge in [0.1, 0.15) is 0 Å². The first-order chi connectivity index (χ1) is 9.68. The molecule has 1 aromatic rings. The standard InChI is InChI=1S/C17H26N2O/c1-3-10-17(11-7-12-19-17)16(20)18-13-14(2)15-8-5-4-6-9-15/h4-6,8-9,14,19H,3,7,10-13H2,1-2H3,(H,18,20). The second-order valence-corrected chi connectivity index (χ2v) is 5.88. The van der Waals surface area contributed by atoms with Crippen molar-refractivity contribution in [2.24, 2.45) is 0 Å². The molecule has 1 heterocycles. The van der Waals surface area contributed by atoms with Gasteiger partial charge in [-0.2, -0.15) is 0 Å². The summed E-state index contributed by atoms with van der Waals surface area (Å²) in [5.74, 6) is 0.528. The summed E-state index contributed by atoms with van der Waals surface area (Å²) in [7, 11) is 0. The molecule has 3 nitrogen and oxygen atoms in total. The number of carbonyl (C=O) groups is 1. The van der Waals surface area contributed by atoms with Crippen LogP contribution >= 0.6 is 0 Å². The number of hydrogen-bond acceptors (Lipinski definition) is 2. The third kappa shape index (κ3) is 3.40. The minimum absolute atomic E-state index is 0.180. The van der Waals surface area contributed by atoms with Crippen molar-refractivity contribution in [1.82, 2.24) is 10.6 Å². The average molecular weight is 274 g/mol. The Morgan fingerprint density at radius 3 is 2.75 bits per heavy atom. The Morgan fingerprint density at radius 1 is 1.40 bits per heavy atom. The van der Waals surface area contributed by atoms with Gasteiger partial charge in [0, 0.05) is 6.54 Å². The van der Waals surface area contributed by atoms with Crippen LogP contribution in [0.4, 0.5) is 0 Å². The fraction of sp³-hybridized carbons (Fsp3) is 0.588. The zero-order valence-corrected chi connectivity index (χ0v) is 12.6. The Hall–Kier alpha value is -1.35. The molecule has 2 atom stereocenters. The van der Waals surface area contributed by atoms with Gasteiger partial charge in [0.05, 0.1) is 5.54 Å². The maximum absolute atomic E-state index is 12.5. The van der Waals surface area contributed by atoms with E-state index < -0.39 is 0 Å². The molecule has 1 amide bonds. The van der Waals surface area contributed by atoms with Crippen LogP contribution in [-0.4, -0.2) is 24.5 Å². The zero-order valence-electron chi connectivity index (χ0n) is 12.6. The minimum Gasteiger partial charge on any atom is -0.354 e. The van der Waals surface area contributed by atoms with E-state index in [4.69, 9.17) is 0 Å². The van der Waals surface area contributed by atoms with Crippen molar-refractivity contribution in [1.29, 1.82) is 0 Å². The van der Waals surface area contributed by atoms with Crippen LogP contribution in [0.2, 0.25) is 0 Å². The molecule has 0 saturated carbocycles. The highest BCUT2D eigenvalue weighted by atomic mass is 16.2. The first-order valence-corrected chi connectivity index (χ1v) is 7.76. The van der Waals surface area contributed by atoms with Crippen LogP contribution in [0.1, 0.15) is 51.0 Å². The molecule has 0 spiro atoms. The van der Waals surface area contributed by atoms with Gasteiger partial charge in [0.15, 0.2) is 0 Å². The molecule has 3 heteroatoms. The van der Waals surface area contributed by atoms with Gasteiger partial charge < -0.3 is 10.6 Å². The van der Waals surface area contributed by atoms with E-state index in [1.807, 2.05) is 18.2 Å². The summed E-state index contributed by atoms with van der Waals surface area (Å²) >= 11 is 0. The summed E-state index contributed by atoms with van der Waals surface area (Å²) in [6.07, 6.45) is 4.03. The SMILES string of the molecule is CCCC1(C(=O)NCC(C)c2ccccc2)CCCN1. The first kappa shape index (κ1) is 15.0. The van der Waals surface area contributed by atoms with Gasteiger partial charge >= 0.3 is 0 Å². The van der Waals surface area contributed by atoms with Crippen molar-refractivity contribution in [2.45, 2.75) is 51.0 Å². The van der Waals surface area contributed by atoms with E-state index in [0.717, 1.165) is 32.2 Å². The molecule has 1 aliphatic heterocycles. The smallest absolute Gasteiger partial charge is 0.240 e. The van der Waals surface area contributed by atoms with E-state index in [-0.39, 0.29) is 11.4 Å². The van der Waals surface area contributed by atoms with Crippen molar-refractivity contribution in [3.8, 4) is 0 Å². The van der Waals surface area contributed by atoms with E-state index in [9.17, 15) is 4.79 Å². The van der Waals surface area contributed by atoms with Gasteiger partial charge in [-0.25, -0.2) is 0 Å². The molecule has 20 heavy (non-hydrogen) atoms. The van der Waals surface area contributed by atoms with E-state index in [0.29, 0.717) is 12.5 Å². The fourth-order valence-electron chi connectivity index (χ4n) is 3.07. The van der Waals surface area contributed by atoms with Gasteiger partial charge in [-0.05, 0) is 37.3 Å². The van der Waals surface area contributed by atoms with E-state index in [1.54, 1.807) is 0 Å². The van der Waals surface area contributed by atoms with Crippen molar-refractivity contribution in [3.63, 3.8) is 0 Å². The molecular formula is C17H26N2O. The van der Waals surface area contributed by atoms with Crippen molar-refractivity contribution < 1.29 is 4.79 Å². The molecule has 2 unspecified atom stereocenters. The van der Waals surface area contributed by atoms with Crippen LogP contribution in [0.3, 0.4) is 0 Å². The van der Waals surface area contributed by atoms with E-state index >= 15 is 0 Å². The Bertz CT molecular complexity index is 424. The maximum atomic E-state index is 12.5. The zero-order chi connectivity index (χ0) is 14.4. The highest BCUT2D eigenvalue weighted by molar-refractivity contribution is 5.86. The van der Waals surface area contributed by atoms with Crippen molar-refractivity contribution in [2.75, 3.05) is 13.1 Å². The molecular weight excluding hydrogens is 248 g/mol. The lowest BCUT2D eigenvalue weighted by Crippen LogP contribution is -2.53. The second-order valence-electron chi connectivity index (χ2n) is 5.88. The third-order valence-electron chi connectivity index (χ3n) is 4.29. The van der Waals surface area contributed by atoms with Crippen LogP contribution in [0.15, 0.2) is 30.3 Å². The molecule has 0 aromatic heterocycles. The number of nitrogens with one attached hydrogen (secondary N) is 2. The van der Waals surface area contributed by atoms with E-state index in [1.165, 1.54) is 5.56 Å². The maximum Gasteiger partial charge on any atom is 0.240 e. The van der Waals surface area contributed by atoms with Gasteiger partial charge in [-0.3, -0.25) is 4.79 Å². The molecule has 1 saturated heterocycles. The van der Waals surface area contributed by atoms with Crippen LogP contribution < -0.4 is 10.6 Å². The molecule has 0 aliphatic carbocycles. The highest BCUT2D eigenvalue weighted by Gasteiger charge is 2.39. The molecule has 0 radical (unpaired) electrons. The van der Waals surface area contributed by atoms with Gasteiger partial charge in [0.25, 0.3) is 0 Å². The predicted octanol–water partition coefficient (Wildman–Crippen LogP) is 2.83. The topological polar surface area (TPSA) is 41.1 Å². The molecule has 2 N–H and O–H groups in total. The monoisotopic (exact) mass is 274 g/mol. The Kier molecular flexibility index (Phi) is 5.18. The Labute approximate surface area is 122 Å². The van der Waals surface area contributed by atoms with Gasteiger partial charge in [-0.1, -0.05) is 50.6 Å². The lowest BCUT2D eigenvalue weighted by molar-refractivity contribution is -0.127. The van der Waals surface area contributed by atoms with Gasteiger partial charge in [0.2, 0.25) is 5.91 Å². The lowest BCUT2D eigenvalue weighted by Gasteiger charge is -2.28. The Morgan fingerprint density at radius 2 is 2.15 bits per heavy atom. The fourth-order valence-corrected chi connectivity index (χ4v) is 3.07. The van der Waals surface area contributed by atoms with Crippen LogP contribution in [0.5, 0.6) is 0 Å². The first-order valence-electron chi connectivity index (χ1n) is 7.76. The third-order valence-corrected chi connectivity index (χ3v) is 4.29. The summed E-state index contributed by atoms with van der Waals surface area (Å²) in [5, 5.41) is 6.57. The highest BCUT2D eigenvalue weighted by Crippen LogP contribution is 2.25. The molecule has 110 valence electrons. The van der Waals surface area contributed by atoms with Crippen molar-refractivity contribution in [3.05, 3.63) is 35.9 Å². The average Bonchev–Trinajstić information content (AvgIpc) is 2.95. The molecule has 1 aliphatic rings. The number of amides is 1. The number of hydrogen-bond donors (Lipinski definition) is 2. The molecule has 0 bridgehead atoms. The number of carbonyl (C=O) groups excluding carboxylic acids is 1. The summed E-state index contributed by atoms with van der Waals surface area (Å²) in [6.45, 7) is 5.96. The second kappa shape index (κ2) is 6.89. The lowest BCUT2D eigenvalue weighted by atomic mass is 9.90. The van der Waals surface area contributed by atoms with Crippen LogP contribution in [0, 0.1) is 0 Å². The van der Waals surface area contributed by atoms with Gasteiger partial charge in [-0.15, -0.1) is 0 Å². The summed E-state index contributed by atoms with van der Waals surface area (Å²) in [5.41, 5.74) is 0.960. The van der Waals surface area contributed by atoms with Crippen LogP contribution in [0.25, 0.3) is 0 Å². The summed E-state index contributed by atoms with van der Waals surface area (Å²) < 4.78 is 0. The van der Waals surface area contributed by atoms with E-state index in [2.05, 4.69) is 36.6 Å². The Balaban J connectivity index is 1.91. The van der Waals surface area contributed by atoms with Crippen molar-refractivity contribution >= 4 is 5.91 Å². The summed E-state index contributed by atoms with van der Waals surface area (Å²) in [4.78, 5) is 12.5. The number of benzene rings is 1. The summed E-state index contributed by atoms with van der Waals surface area (Å²) in [6, 6.07) is 10.3. The molecule has 1 aromatic carbocycles.